The first-order valence-electron chi connectivity index (χ1n) is 8.87. The van der Waals surface area contributed by atoms with Gasteiger partial charge in [0.25, 0.3) is 5.91 Å². The zero-order chi connectivity index (χ0) is 19.5. The maximum Gasteiger partial charge on any atom is 0.255 e. The van der Waals surface area contributed by atoms with Gasteiger partial charge < -0.3 is 19.6 Å². The van der Waals surface area contributed by atoms with Crippen LogP contribution in [0.2, 0.25) is 0 Å². The van der Waals surface area contributed by atoms with Crippen molar-refractivity contribution in [3.05, 3.63) is 72.3 Å². The maximum atomic E-state index is 12.5. The van der Waals surface area contributed by atoms with E-state index in [-0.39, 0.29) is 17.5 Å². The molecule has 1 heterocycles. The average molecular weight is 374 g/mol. The molecule has 1 amide bonds. The van der Waals surface area contributed by atoms with Crippen LogP contribution in [0.5, 0.6) is 11.5 Å². The second kappa shape index (κ2) is 7.44. The van der Waals surface area contributed by atoms with Gasteiger partial charge in [-0.15, -0.1) is 0 Å². The van der Waals surface area contributed by atoms with Crippen LogP contribution >= 0.6 is 0 Å². The Kier molecular flexibility index (Phi) is 4.68. The number of hydrogen-bond acceptors (Lipinski definition) is 5. The quantitative estimate of drug-likeness (QED) is 0.488. The lowest BCUT2D eigenvalue weighted by molar-refractivity contribution is 0.102. The third-order valence-corrected chi connectivity index (χ3v) is 4.21. The van der Waals surface area contributed by atoms with E-state index < -0.39 is 0 Å². The molecular formula is C22H18N2O4. The summed E-state index contributed by atoms with van der Waals surface area (Å²) in [5.41, 5.74) is 2.75. The number of phenolic OH excluding ortho intramolecular Hbond substituents is 1. The second-order valence-corrected chi connectivity index (χ2v) is 6.13. The van der Waals surface area contributed by atoms with Gasteiger partial charge in [-0.25, -0.2) is 4.98 Å². The molecular weight excluding hydrogens is 356 g/mol. The molecule has 4 aromatic rings. The standard InChI is InChI=1S/C22H18N2O4/c1-2-27-16-10-7-14(8-11-16)21(26)23-15-9-12-19(25)17(13-15)22-24-18-5-3-4-6-20(18)28-22/h3-13,25H,2H2,1H3,(H,23,26). The largest absolute Gasteiger partial charge is 0.507 e. The lowest BCUT2D eigenvalue weighted by Crippen LogP contribution is -2.11. The van der Waals surface area contributed by atoms with Gasteiger partial charge in [-0.05, 0) is 61.5 Å². The fraction of sp³-hybridized carbons (Fsp3) is 0.0909. The number of aromatic hydroxyl groups is 1. The number of oxazole rings is 1. The molecule has 3 aromatic carbocycles. The summed E-state index contributed by atoms with van der Waals surface area (Å²) >= 11 is 0. The third kappa shape index (κ3) is 3.53. The summed E-state index contributed by atoms with van der Waals surface area (Å²) in [7, 11) is 0. The van der Waals surface area contributed by atoms with Gasteiger partial charge in [0.05, 0.1) is 12.2 Å². The van der Waals surface area contributed by atoms with Gasteiger partial charge in [-0.1, -0.05) is 12.1 Å². The predicted molar refractivity (Wildman–Crippen MR) is 107 cm³/mol. The number of fused-ring (bicyclic) bond motifs is 1. The van der Waals surface area contributed by atoms with Crippen LogP contribution in [0.1, 0.15) is 17.3 Å². The molecule has 0 aliphatic heterocycles. The van der Waals surface area contributed by atoms with Gasteiger partial charge in [-0.2, -0.15) is 0 Å². The highest BCUT2D eigenvalue weighted by Gasteiger charge is 2.14. The molecule has 0 radical (unpaired) electrons. The molecule has 28 heavy (non-hydrogen) atoms. The van der Waals surface area contributed by atoms with Crippen molar-refractivity contribution >= 4 is 22.7 Å². The highest BCUT2D eigenvalue weighted by Crippen LogP contribution is 2.33. The molecule has 0 aliphatic carbocycles. The van der Waals surface area contributed by atoms with E-state index in [0.717, 1.165) is 0 Å². The van der Waals surface area contributed by atoms with E-state index in [4.69, 9.17) is 9.15 Å². The van der Waals surface area contributed by atoms with Crippen LogP contribution in [0.15, 0.2) is 71.1 Å². The van der Waals surface area contributed by atoms with Crippen LogP contribution in [0, 0.1) is 0 Å². The Balaban J connectivity index is 1.59. The van der Waals surface area contributed by atoms with E-state index in [2.05, 4.69) is 10.3 Å². The molecule has 0 saturated heterocycles. The van der Waals surface area contributed by atoms with Crippen molar-refractivity contribution < 1.29 is 19.1 Å². The van der Waals surface area contributed by atoms with E-state index in [9.17, 15) is 9.90 Å². The van der Waals surface area contributed by atoms with Gasteiger partial charge in [-0.3, -0.25) is 4.79 Å². The minimum absolute atomic E-state index is 0.0191. The molecule has 0 spiro atoms. The first kappa shape index (κ1) is 17.6. The Morgan fingerprint density at radius 3 is 2.64 bits per heavy atom. The van der Waals surface area contributed by atoms with Crippen LogP contribution in [0.3, 0.4) is 0 Å². The molecule has 0 atom stereocenters. The number of anilines is 1. The van der Waals surface area contributed by atoms with Crippen molar-refractivity contribution in [3.63, 3.8) is 0 Å². The zero-order valence-corrected chi connectivity index (χ0v) is 15.2. The topological polar surface area (TPSA) is 84.6 Å². The molecule has 0 saturated carbocycles. The van der Waals surface area contributed by atoms with Crippen molar-refractivity contribution in [2.24, 2.45) is 0 Å². The normalized spacial score (nSPS) is 10.8. The molecule has 140 valence electrons. The number of hydrogen-bond donors (Lipinski definition) is 2. The molecule has 6 heteroatoms. The Morgan fingerprint density at radius 2 is 1.89 bits per heavy atom. The number of benzene rings is 3. The van der Waals surface area contributed by atoms with Crippen molar-refractivity contribution in [2.45, 2.75) is 6.92 Å². The lowest BCUT2D eigenvalue weighted by atomic mass is 10.1. The molecule has 4 rings (SSSR count). The van der Waals surface area contributed by atoms with Gasteiger partial charge >= 0.3 is 0 Å². The number of amides is 1. The van der Waals surface area contributed by atoms with Gasteiger partial charge in [0, 0.05) is 11.3 Å². The average Bonchev–Trinajstić information content (AvgIpc) is 3.14. The van der Waals surface area contributed by atoms with E-state index in [1.807, 2.05) is 25.1 Å². The molecule has 6 nitrogen and oxygen atoms in total. The third-order valence-electron chi connectivity index (χ3n) is 4.21. The Morgan fingerprint density at radius 1 is 1.11 bits per heavy atom. The number of ether oxygens (including phenoxy) is 1. The smallest absolute Gasteiger partial charge is 0.255 e. The van der Waals surface area contributed by atoms with Crippen molar-refractivity contribution in [3.8, 4) is 23.0 Å². The van der Waals surface area contributed by atoms with Crippen molar-refractivity contribution in [2.75, 3.05) is 11.9 Å². The highest BCUT2D eigenvalue weighted by atomic mass is 16.5. The number of nitrogens with zero attached hydrogens (tertiary/aromatic N) is 1. The monoisotopic (exact) mass is 374 g/mol. The second-order valence-electron chi connectivity index (χ2n) is 6.13. The van der Waals surface area contributed by atoms with Gasteiger partial charge in [0.2, 0.25) is 5.89 Å². The number of carbonyl (C=O) groups is 1. The van der Waals surface area contributed by atoms with Crippen LogP contribution in [0.4, 0.5) is 5.69 Å². The van der Waals surface area contributed by atoms with Crippen molar-refractivity contribution in [1.82, 2.24) is 4.98 Å². The van der Waals surface area contributed by atoms with Crippen LogP contribution < -0.4 is 10.1 Å². The molecule has 2 N–H and O–H groups in total. The van der Waals surface area contributed by atoms with E-state index in [1.165, 1.54) is 6.07 Å². The fourth-order valence-corrected chi connectivity index (χ4v) is 2.84. The van der Waals surface area contributed by atoms with Gasteiger partial charge in [0.15, 0.2) is 5.58 Å². The Hall–Kier alpha value is -3.80. The summed E-state index contributed by atoms with van der Waals surface area (Å²) in [6.07, 6.45) is 0. The summed E-state index contributed by atoms with van der Waals surface area (Å²) in [4.78, 5) is 16.9. The molecule has 1 aromatic heterocycles. The minimum Gasteiger partial charge on any atom is -0.507 e. The molecule has 0 bridgehead atoms. The number of carbonyl (C=O) groups excluding carboxylic acids is 1. The van der Waals surface area contributed by atoms with Crippen LogP contribution in [-0.2, 0) is 0 Å². The number of para-hydroxylation sites is 2. The lowest BCUT2D eigenvalue weighted by Gasteiger charge is -2.08. The van der Waals surface area contributed by atoms with E-state index in [1.54, 1.807) is 42.5 Å². The Bertz CT molecular complexity index is 1100. The maximum absolute atomic E-state index is 12.5. The molecule has 0 unspecified atom stereocenters. The molecule has 0 aliphatic rings. The SMILES string of the molecule is CCOc1ccc(C(=O)Nc2ccc(O)c(-c3nc4ccccc4o3)c2)cc1. The number of phenols is 1. The molecule has 0 fully saturated rings. The summed E-state index contributed by atoms with van der Waals surface area (Å²) in [5, 5.41) is 13.0. The first-order chi connectivity index (χ1) is 13.6. The summed E-state index contributed by atoms with van der Waals surface area (Å²) < 4.78 is 11.1. The highest BCUT2D eigenvalue weighted by molar-refractivity contribution is 6.04. The van der Waals surface area contributed by atoms with Gasteiger partial charge in [0.1, 0.15) is 17.0 Å². The predicted octanol–water partition coefficient (Wildman–Crippen LogP) is 4.85. The zero-order valence-electron chi connectivity index (χ0n) is 15.2. The van der Waals surface area contributed by atoms with E-state index in [0.29, 0.717) is 40.3 Å². The summed E-state index contributed by atoms with van der Waals surface area (Å²) in [6, 6.07) is 19.0. The number of rotatable bonds is 5. The van der Waals surface area contributed by atoms with E-state index >= 15 is 0 Å². The first-order valence-corrected chi connectivity index (χ1v) is 8.87. The number of nitrogens with one attached hydrogen (secondary N) is 1. The summed E-state index contributed by atoms with van der Waals surface area (Å²) in [6.45, 7) is 2.47. The van der Waals surface area contributed by atoms with Crippen molar-refractivity contribution in [1.29, 1.82) is 0 Å². The minimum atomic E-state index is -0.266. The summed E-state index contributed by atoms with van der Waals surface area (Å²) in [5.74, 6) is 0.751. The fourth-order valence-electron chi connectivity index (χ4n) is 2.84. The van der Waals surface area contributed by atoms with Crippen LogP contribution in [0.25, 0.3) is 22.6 Å². The van der Waals surface area contributed by atoms with Crippen LogP contribution in [-0.4, -0.2) is 22.6 Å². The Labute approximate surface area is 161 Å². The number of aromatic nitrogens is 1.